The molecule has 0 saturated carbocycles. The van der Waals surface area contributed by atoms with Crippen LogP contribution in [0.2, 0.25) is 0 Å². The van der Waals surface area contributed by atoms with Crippen LogP contribution in [0.3, 0.4) is 0 Å². The number of nitrogens with zero attached hydrogens (tertiary/aromatic N) is 1. The molecule has 1 heterocycles. The number of carbonyl (C=O) groups excluding carboxylic acids is 1. The third-order valence-electron chi connectivity index (χ3n) is 4.40. The Balaban J connectivity index is 1.93. The Morgan fingerprint density at radius 1 is 1.27 bits per heavy atom. The summed E-state index contributed by atoms with van der Waals surface area (Å²) in [4.78, 5) is 14.6. The van der Waals surface area contributed by atoms with Gasteiger partial charge >= 0.3 is 0 Å². The number of benzene rings is 1. The zero-order valence-electron chi connectivity index (χ0n) is 14.3. The number of nitrogens with one attached hydrogen (secondary N) is 2. The molecule has 0 radical (unpaired) electrons. The molecule has 0 bridgehead atoms. The van der Waals surface area contributed by atoms with Gasteiger partial charge in [0, 0.05) is 12.2 Å². The molecule has 1 aliphatic rings. The van der Waals surface area contributed by atoms with Gasteiger partial charge in [0.1, 0.15) is 0 Å². The van der Waals surface area contributed by atoms with Gasteiger partial charge in [0.2, 0.25) is 5.91 Å². The lowest BCUT2D eigenvalue weighted by Gasteiger charge is -2.32. The van der Waals surface area contributed by atoms with Gasteiger partial charge in [-0.05, 0) is 70.8 Å². The molecule has 1 aliphatic heterocycles. The summed E-state index contributed by atoms with van der Waals surface area (Å²) in [5.74, 6) is 0.759. The van der Waals surface area contributed by atoms with Crippen molar-refractivity contribution in [2.24, 2.45) is 5.92 Å². The maximum absolute atomic E-state index is 12.4. The average molecular weight is 303 g/mol. The molecule has 4 heteroatoms. The monoisotopic (exact) mass is 303 g/mol. The van der Waals surface area contributed by atoms with Crippen LogP contribution in [0.1, 0.15) is 29.5 Å². The molecule has 4 nitrogen and oxygen atoms in total. The maximum Gasteiger partial charge on any atom is 0.238 e. The number of carbonyl (C=O) groups is 1. The van der Waals surface area contributed by atoms with Crippen molar-refractivity contribution >= 4 is 11.6 Å². The molecule has 122 valence electrons. The highest BCUT2D eigenvalue weighted by Crippen LogP contribution is 2.22. The summed E-state index contributed by atoms with van der Waals surface area (Å²) in [7, 11) is 1.99. The van der Waals surface area contributed by atoms with Gasteiger partial charge in [-0.15, -0.1) is 0 Å². The fourth-order valence-corrected chi connectivity index (χ4v) is 3.51. The molecule has 2 N–H and O–H groups in total. The van der Waals surface area contributed by atoms with E-state index in [1.807, 2.05) is 7.05 Å². The first-order valence-corrected chi connectivity index (χ1v) is 8.24. The summed E-state index contributed by atoms with van der Waals surface area (Å²) < 4.78 is 0. The van der Waals surface area contributed by atoms with Crippen molar-refractivity contribution in [1.82, 2.24) is 10.2 Å². The van der Waals surface area contributed by atoms with E-state index in [9.17, 15) is 4.79 Å². The van der Waals surface area contributed by atoms with Gasteiger partial charge in [0.15, 0.2) is 0 Å². The van der Waals surface area contributed by atoms with Crippen molar-refractivity contribution in [1.29, 1.82) is 0 Å². The van der Waals surface area contributed by atoms with Crippen molar-refractivity contribution < 1.29 is 4.79 Å². The number of amides is 1. The van der Waals surface area contributed by atoms with Crippen LogP contribution in [0.15, 0.2) is 12.1 Å². The smallest absolute Gasteiger partial charge is 0.238 e. The van der Waals surface area contributed by atoms with E-state index in [0.29, 0.717) is 12.5 Å². The summed E-state index contributed by atoms with van der Waals surface area (Å²) >= 11 is 0. The largest absolute Gasteiger partial charge is 0.324 e. The summed E-state index contributed by atoms with van der Waals surface area (Å²) in [6.45, 7) is 9.76. The van der Waals surface area contributed by atoms with Crippen molar-refractivity contribution in [3.8, 4) is 0 Å². The molecule has 1 unspecified atom stereocenters. The molecular formula is C18H29N3O. The lowest BCUT2D eigenvalue weighted by Crippen LogP contribution is -2.42. The Labute approximate surface area is 134 Å². The number of hydrogen-bond acceptors (Lipinski definition) is 3. The molecule has 1 saturated heterocycles. The summed E-state index contributed by atoms with van der Waals surface area (Å²) in [6.07, 6.45) is 2.44. The van der Waals surface area contributed by atoms with E-state index in [0.717, 1.165) is 36.4 Å². The predicted molar refractivity (Wildman–Crippen MR) is 92.4 cm³/mol. The standard InChI is InChI=1S/C18H29N3O/c1-13-8-14(2)18(15(3)9-13)20-17(22)12-21-7-5-6-16(11-21)10-19-4/h8-9,16,19H,5-7,10-12H2,1-4H3,(H,20,22). The first kappa shape index (κ1) is 17.0. The van der Waals surface area contributed by atoms with E-state index in [2.05, 4.69) is 48.4 Å². The molecule has 22 heavy (non-hydrogen) atoms. The number of hydrogen-bond donors (Lipinski definition) is 2. The highest BCUT2D eigenvalue weighted by molar-refractivity contribution is 5.93. The first-order valence-electron chi connectivity index (χ1n) is 8.24. The minimum absolute atomic E-state index is 0.0974. The Kier molecular flexibility index (Phi) is 5.98. The molecule has 1 amide bonds. The molecule has 1 aromatic rings. The van der Waals surface area contributed by atoms with E-state index in [-0.39, 0.29) is 5.91 Å². The SMILES string of the molecule is CNCC1CCCN(CC(=O)Nc2c(C)cc(C)cc2C)C1. The van der Waals surface area contributed by atoms with Crippen LogP contribution in [0.5, 0.6) is 0 Å². The van der Waals surface area contributed by atoms with Crippen molar-refractivity contribution in [3.05, 3.63) is 28.8 Å². The number of likely N-dealkylation sites (tertiary alicyclic amines) is 1. The van der Waals surface area contributed by atoms with Crippen molar-refractivity contribution in [2.45, 2.75) is 33.6 Å². The summed E-state index contributed by atoms with van der Waals surface area (Å²) in [5, 5.41) is 6.35. The quantitative estimate of drug-likeness (QED) is 0.878. The third kappa shape index (κ3) is 4.55. The van der Waals surface area contributed by atoms with Crippen LogP contribution in [-0.2, 0) is 4.79 Å². The Morgan fingerprint density at radius 3 is 2.59 bits per heavy atom. The van der Waals surface area contributed by atoms with Gasteiger partial charge in [-0.25, -0.2) is 0 Å². The van der Waals surface area contributed by atoms with Crippen LogP contribution in [0.4, 0.5) is 5.69 Å². The molecule has 1 atom stereocenters. The molecule has 2 rings (SSSR count). The molecule has 0 aliphatic carbocycles. The second-order valence-electron chi connectivity index (χ2n) is 6.62. The van der Waals surface area contributed by atoms with E-state index >= 15 is 0 Å². The predicted octanol–water partition coefficient (Wildman–Crippen LogP) is 2.48. The van der Waals surface area contributed by atoms with Crippen LogP contribution in [0.25, 0.3) is 0 Å². The Morgan fingerprint density at radius 2 is 1.95 bits per heavy atom. The van der Waals surface area contributed by atoms with Gasteiger partial charge in [0.25, 0.3) is 0 Å². The van der Waals surface area contributed by atoms with Crippen molar-refractivity contribution in [3.63, 3.8) is 0 Å². The van der Waals surface area contributed by atoms with Gasteiger partial charge in [-0.2, -0.15) is 0 Å². The normalized spacial score (nSPS) is 19.2. The Hall–Kier alpha value is -1.39. The lowest BCUT2D eigenvalue weighted by atomic mass is 9.98. The van der Waals surface area contributed by atoms with Crippen LogP contribution in [-0.4, -0.2) is 44.0 Å². The minimum Gasteiger partial charge on any atom is -0.324 e. The number of piperidine rings is 1. The summed E-state index contributed by atoms with van der Waals surface area (Å²) in [5.41, 5.74) is 4.48. The van der Waals surface area contributed by atoms with E-state index in [1.54, 1.807) is 0 Å². The highest BCUT2D eigenvalue weighted by atomic mass is 16.2. The zero-order valence-corrected chi connectivity index (χ0v) is 14.3. The van der Waals surface area contributed by atoms with Crippen LogP contribution < -0.4 is 10.6 Å². The molecule has 0 spiro atoms. The topological polar surface area (TPSA) is 44.4 Å². The summed E-state index contributed by atoms with van der Waals surface area (Å²) in [6, 6.07) is 4.24. The molecule has 0 aromatic heterocycles. The van der Waals surface area contributed by atoms with Gasteiger partial charge in [0.05, 0.1) is 6.54 Å². The highest BCUT2D eigenvalue weighted by Gasteiger charge is 2.21. The fraction of sp³-hybridized carbons (Fsp3) is 0.611. The van der Waals surface area contributed by atoms with E-state index in [4.69, 9.17) is 0 Å². The molecule has 1 aromatic carbocycles. The third-order valence-corrected chi connectivity index (χ3v) is 4.40. The van der Waals surface area contributed by atoms with Crippen molar-refractivity contribution in [2.75, 3.05) is 38.5 Å². The van der Waals surface area contributed by atoms with E-state index < -0.39 is 0 Å². The van der Waals surface area contributed by atoms with Crippen LogP contribution >= 0.6 is 0 Å². The molecule has 1 fully saturated rings. The number of aryl methyl sites for hydroxylation is 3. The maximum atomic E-state index is 12.4. The average Bonchev–Trinajstić information content (AvgIpc) is 2.43. The number of rotatable bonds is 5. The fourth-order valence-electron chi connectivity index (χ4n) is 3.51. The second kappa shape index (κ2) is 7.75. The number of anilines is 1. The second-order valence-corrected chi connectivity index (χ2v) is 6.62. The lowest BCUT2D eigenvalue weighted by molar-refractivity contribution is -0.117. The Bertz CT molecular complexity index is 502. The minimum atomic E-state index is 0.0974. The van der Waals surface area contributed by atoms with E-state index in [1.165, 1.54) is 18.4 Å². The van der Waals surface area contributed by atoms with Gasteiger partial charge in [-0.1, -0.05) is 17.7 Å². The van der Waals surface area contributed by atoms with Gasteiger partial charge in [-0.3, -0.25) is 9.69 Å². The van der Waals surface area contributed by atoms with Crippen LogP contribution in [0, 0.1) is 26.7 Å². The van der Waals surface area contributed by atoms with Gasteiger partial charge < -0.3 is 10.6 Å². The first-order chi connectivity index (χ1) is 10.5. The zero-order chi connectivity index (χ0) is 16.1. The molecular weight excluding hydrogens is 274 g/mol.